The number of amides is 1. The summed E-state index contributed by atoms with van der Waals surface area (Å²) in [6.07, 6.45) is 1.16. The highest BCUT2D eigenvalue weighted by Gasteiger charge is 2.29. The van der Waals surface area contributed by atoms with Crippen LogP contribution in [0.3, 0.4) is 0 Å². The zero-order valence-electron chi connectivity index (χ0n) is 11.2. The maximum atomic E-state index is 11.8. The molecule has 106 valence electrons. The Bertz CT molecular complexity index is 400. The van der Waals surface area contributed by atoms with Gasteiger partial charge in [-0.3, -0.25) is 0 Å². The van der Waals surface area contributed by atoms with Gasteiger partial charge in [0.2, 0.25) is 10.0 Å². The molecule has 1 heterocycles. The number of nitrogens with zero attached hydrogens (tertiary/aromatic N) is 1. The highest BCUT2D eigenvalue weighted by molar-refractivity contribution is 7.89. The van der Waals surface area contributed by atoms with Gasteiger partial charge in [-0.1, -0.05) is 0 Å². The Morgan fingerprint density at radius 2 is 2.06 bits per heavy atom. The van der Waals surface area contributed by atoms with Crippen LogP contribution in [0.2, 0.25) is 0 Å². The smallest absolute Gasteiger partial charge is 0.410 e. The molecule has 1 atom stereocenters. The Morgan fingerprint density at radius 1 is 1.44 bits per heavy atom. The first-order valence-corrected chi connectivity index (χ1v) is 7.77. The van der Waals surface area contributed by atoms with Crippen molar-refractivity contribution in [3.63, 3.8) is 0 Å². The molecule has 1 aliphatic heterocycles. The van der Waals surface area contributed by atoms with E-state index < -0.39 is 15.6 Å². The Morgan fingerprint density at radius 3 is 2.56 bits per heavy atom. The van der Waals surface area contributed by atoms with Crippen molar-refractivity contribution < 1.29 is 17.9 Å². The molecule has 0 aliphatic carbocycles. The zero-order chi connectivity index (χ0) is 14.0. The van der Waals surface area contributed by atoms with Gasteiger partial charge in [0.15, 0.2) is 0 Å². The molecular formula is C11H22N2O4S. The van der Waals surface area contributed by atoms with E-state index in [2.05, 4.69) is 0 Å². The topological polar surface area (TPSA) is 89.7 Å². The van der Waals surface area contributed by atoms with E-state index >= 15 is 0 Å². The molecule has 7 heteroatoms. The monoisotopic (exact) mass is 278 g/mol. The van der Waals surface area contributed by atoms with Gasteiger partial charge in [-0.2, -0.15) is 0 Å². The van der Waals surface area contributed by atoms with Crippen LogP contribution in [0.25, 0.3) is 0 Å². The quantitative estimate of drug-likeness (QED) is 0.813. The standard InChI is InChI=1S/C11H22N2O4S/c1-11(2,3)17-10(14)13-6-4-5-9(7-13)8-18(12,15)16/h9H,4-8H2,1-3H3,(H2,12,15,16)/t9-/m1/s1. The number of ether oxygens (including phenoxy) is 1. The van der Waals surface area contributed by atoms with E-state index in [1.807, 2.05) is 0 Å². The maximum absolute atomic E-state index is 11.8. The first kappa shape index (κ1) is 15.2. The van der Waals surface area contributed by atoms with Crippen LogP contribution in [0.1, 0.15) is 33.6 Å². The molecule has 1 rings (SSSR count). The number of hydrogen-bond donors (Lipinski definition) is 1. The second-order valence-electron chi connectivity index (χ2n) is 5.76. The zero-order valence-corrected chi connectivity index (χ0v) is 12.0. The number of primary sulfonamides is 1. The minimum Gasteiger partial charge on any atom is -0.444 e. The molecule has 0 bridgehead atoms. The van der Waals surface area contributed by atoms with E-state index in [1.54, 1.807) is 25.7 Å². The first-order chi connectivity index (χ1) is 8.07. The molecule has 18 heavy (non-hydrogen) atoms. The molecular weight excluding hydrogens is 256 g/mol. The molecule has 1 fully saturated rings. The van der Waals surface area contributed by atoms with Crippen LogP contribution >= 0.6 is 0 Å². The van der Waals surface area contributed by atoms with Crippen LogP contribution in [-0.4, -0.2) is 43.9 Å². The molecule has 2 N–H and O–H groups in total. The van der Waals surface area contributed by atoms with Crippen molar-refractivity contribution in [1.82, 2.24) is 4.90 Å². The average molecular weight is 278 g/mol. The number of carbonyl (C=O) groups excluding carboxylic acids is 1. The molecule has 0 spiro atoms. The van der Waals surface area contributed by atoms with Crippen LogP contribution in [0.4, 0.5) is 4.79 Å². The lowest BCUT2D eigenvalue weighted by atomic mass is 10.0. The SMILES string of the molecule is CC(C)(C)OC(=O)N1CCC[C@@H](CS(N)(=O)=O)C1. The molecule has 1 saturated heterocycles. The van der Waals surface area contributed by atoms with Crippen molar-refractivity contribution in [3.05, 3.63) is 0 Å². The number of nitrogens with two attached hydrogens (primary N) is 1. The Labute approximate surface area is 109 Å². The summed E-state index contributed by atoms with van der Waals surface area (Å²) in [5, 5.41) is 5.03. The van der Waals surface area contributed by atoms with Crippen molar-refractivity contribution in [1.29, 1.82) is 0 Å². The van der Waals surface area contributed by atoms with Gasteiger partial charge >= 0.3 is 6.09 Å². The van der Waals surface area contributed by atoms with E-state index in [-0.39, 0.29) is 17.8 Å². The Hall–Kier alpha value is -0.820. The summed E-state index contributed by atoms with van der Waals surface area (Å²) in [6, 6.07) is 0. The van der Waals surface area contributed by atoms with E-state index in [1.165, 1.54) is 0 Å². The van der Waals surface area contributed by atoms with Crippen molar-refractivity contribution in [2.24, 2.45) is 11.1 Å². The van der Waals surface area contributed by atoms with E-state index in [0.29, 0.717) is 13.1 Å². The Balaban J connectivity index is 2.56. The van der Waals surface area contributed by atoms with Crippen molar-refractivity contribution >= 4 is 16.1 Å². The fourth-order valence-corrected chi connectivity index (χ4v) is 2.95. The fraction of sp³-hybridized carbons (Fsp3) is 0.909. The average Bonchev–Trinajstić information content (AvgIpc) is 2.12. The number of likely N-dealkylation sites (tertiary alicyclic amines) is 1. The number of piperidine rings is 1. The molecule has 0 unspecified atom stereocenters. The van der Waals surface area contributed by atoms with Crippen LogP contribution in [0, 0.1) is 5.92 Å². The maximum Gasteiger partial charge on any atom is 0.410 e. The lowest BCUT2D eigenvalue weighted by Crippen LogP contribution is -2.44. The summed E-state index contributed by atoms with van der Waals surface area (Å²) in [6.45, 7) is 6.41. The first-order valence-electron chi connectivity index (χ1n) is 6.05. The summed E-state index contributed by atoms with van der Waals surface area (Å²) in [4.78, 5) is 13.4. The highest BCUT2D eigenvalue weighted by Crippen LogP contribution is 2.20. The summed E-state index contributed by atoms with van der Waals surface area (Å²) in [5.41, 5.74) is -0.538. The van der Waals surface area contributed by atoms with Crippen molar-refractivity contribution in [2.45, 2.75) is 39.2 Å². The number of carbonyl (C=O) groups is 1. The molecule has 0 saturated carbocycles. The summed E-state index contributed by atoms with van der Waals surface area (Å²) < 4.78 is 27.4. The van der Waals surface area contributed by atoms with Gasteiger partial charge in [-0.05, 0) is 39.5 Å². The van der Waals surface area contributed by atoms with E-state index in [0.717, 1.165) is 12.8 Å². The Kier molecular flexibility index (Phi) is 4.61. The largest absolute Gasteiger partial charge is 0.444 e. The lowest BCUT2D eigenvalue weighted by molar-refractivity contribution is 0.0176. The summed E-state index contributed by atoms with van der Waals surface area (Å²) in [5.74, 6) is -0.173. The molecule has 0 aromatic rings. The normalized spacial score (nSPS) is 21.8. The van der Waals surface area contributed by atoms with Crippen LogP contribution in [0.5, 0.6) is 0 Å². The van der Waals surface area contributed by atoms with Gasteiger partial charge in [0.1, 0.15) is 5.60 Å². The third-order valence-corrected chi connectivity index (χ3v) is 3.57. The predicted molar refractivity (Wildman–Crippen MR) is 68.5 cm³/mol. The van der Waals surface area contributed by atoms with Crippen molar-refractivity contribution in [2.75, 3.05) is 18.8 Å². The molecule has 0 aromatic carbocycles. The van der Waals surface area contributed by atoms with Crippen molar-refractivity contribution in [3.8, 4) is 0 Å². The van der Waals surface area contributed by atoms with Gasteiger partial charge in [0.05, 0.1) is 5.75 Å². The minimum atomic E-state index is -3.49. The molecule has 0 radical (unpaired) electrons. The molecule has 6 nitrogen and oxygen atoms in total. The van der Waals surface area contributed by atoms with Crippen LogP contribution < -0.4 is 5.14 Å². The predicted octanol–water partition coefficient (Wildman–Crippen LogP) is 0.922. The van der Waals surface area contributed by atoms with E-state index in [4.69, 9.17) is 9.88 Å². The summed E-state index contributed by atoms with van der Waals surface area (Å²) in [7, 11) is -3.49. The van der Waals surface area contributed by atoms with Gasteiger partial charge in [0, 0.05) is 13.1 Å². The van der Waals surface area contributed by atoms with Gasteiger partial charge in [0.25, 0.3) is 0 Å². The van der Waals surface area contributed by atoms with Gasteiger partial charge < -0.3 is 9.64 Å². The second-order valence-corrected chi connectivity index (χ2v) is 7.42. The van der Waals surface area contributed by atoms with E-state index in [9.17, 15) is 13.2 Å². The molecule has 1 amide bonds. The van der Waals surface area contributed by atoms with Crippen LogP contribution in [0.15, 0.2) is 0 Å². The fourth-order valence-electron chi connectivity index (χ4n) is 2.02. The van der Waals surface area contributed by atoms with Crippen LogP contribution in [-0.2, 0) is 14.8 Å². The number of hydrogen-bond acceptors (Lipinski definition) is 4. The second kappa shape index (κ2) is 5.44. The third-order valence-electron chi connectivity index (χ3n) is 2.64. The number of sulfonamides is 1. The number of rotatable bonds is 2. The highest BCUT2D eigenvalue weighted by atomic mass is 32.2. The minimum absolute atomic E-state index is 0.0771. The van der Waals surface area contributed by atoms with Gasteiger partial charge in [-0.15, -0.1) is 0 Å². The lowest BCUT2D eigenvalue weighted by Gasteiger charge is -2.33. The summed E-state index contributed by atoms with van der Waals surface area (Å²) >= 11 is 0. The third kappa shape index (κ3) is 5.68. The van der Waals surface area contributed by atoms with Gasteiger partial charge in [-0.25, -0.2) is 18.4 Å². The molecule has 1 aliphatic rings. The molecule has 0 aromatic heterocycles.